The van der Waals surface area contributed by atoms with Crippen molar-refractivity contribution in [2.45, 2.75) is 70.3 Å². The Labute approximate surface area is 229 Å². The molecule has 0 aromatic heterocycles. The van der Waals surface area contributed by atoms with Crippen molar-refractivity contribution >= 4 is 18.7 Å². The summed E-state index contributed by atoms with van der Waals surface area (Å²) >= 11 is 0. The van der Waals surface area contributed by atoms with E-state index in [0.717, 1.165) is 17.7 Å². The zero-order chi connectivity index (χ0) is 27.7. The molecule has 0 aliphatic carbocycles. The fourth-order valence-electron chi connectivity index (χ4n) is 5.21. The predicted molar refractivity (Wildman–Crippen MR) is 157 cm³/mol. The molecule has 0 radical (unpaired) electrons. The minimum absolute atomic E-state index is 0.0864. The van der Waals surface area contributed by atoms with E-state index in [2.05, 4.69) is 69.3 Å². The number of hydrogen-bond acceptors (Lipinski definition) is 5. The van der Waals surface area contributed by atoms with Crippen molar-refractivity contribution in [3.05, 3.63) is 90.5 Å². The smallest absolute Gasteiger partial charge is 0.261 e. The number of benzene rings is 3. The normalized spacial score (nSPS) is 14.6. The lowest BCUT2D eigenvalue weighted by atomic mass is 9.93. The Morgan fingerprint density at radius 1 is 0.816 bits per heavy atom. The third kappa shape index (κ3) is 7.55. The maximum absolute atomic E-state index is 10.3. The molecule has 2 atom stereocenters. The zero-order valence-electron chi connectivity index (χ0n) is 23.5. The molecule has 2 N–H and O–H groups in total. The summed E-state index contributed by atoms with van der Waals surface area (Å²) in [6.45, 7) is 9.53. The van der Waals surface area contributed by atoms with Gasteiger partial charge in [0.1, 0.15) is 5.75 Å². The van der Waals surface area contributed by atoms with Crippen LogP contribution < -0.4 is 15.1 Å². The first-order valence-corrected chi connectivity index (χ1v) is 15.4. The number of methoxy groups -OCH3 is 1. The molecule has 206 valence electrons. The number of aliphatic hydroxyl groups excluding tert-OH is 2. The van der Waals surface area contributed by atoms with Crippen molar-refractivity contribution < 1.29 is 24.1 Å². The number of rotatable bonds is 14. The molecule has 0 heterocycles. The van der Waals surface area contributed by atoms with Gasteiger partial charge in [0, 0.05) is 13.0 Å². The highest BCUT2D eigenvalue weighted by Crippen LogP contribution is 2.37. The Morgan fingerprint density at radius 2 is 1.37 bits per heavy atom. The van der Waals surface area contributed by atoms with E-state index in [9.17, 15) is 10.2 Å². The third-order valence-corrected chi connectivity index (χ3v) is 12.3. The average molecular weight is 537 g/mol. The molecule has 0 bridgehead atoms. The molecule has 0 aliphatic rings. The van der Waals surface area contributed by atoms with Crippen molar-refractivity contribution in [3.8, 4) is 5.75 Å². The van der Waals surface area contributed by atoms with Gasteiger partial charge in [-0.1, -0.05) is 93.6 Å². The fourth-order valence-corrected chi connectivity index (χ4v) is 9.81. The second-order valence-corrected chi connectivity index (χ2v) is 15.5. The van der Waals surface area contributed by atoms with E-state index in [4.69, 9.17) is 13.9 Å². The molecule has 3 aromatic rings. The molecule has 0 fully saturated rings. The van der Waals surface area contributed by atoms with Gasteiger partial charge in [-0.05, 0) is 52.9 Å². The Bertz CT molecular complexity index is 1040. The molecule has 0 saturated heterocycles. The van der Waals surface area contributed by atoms with E-state index < -0.39 is 20.0 Å². The summed E-state index contributed by atoms with van der Waals surface area (Å²) in [5.41, 5.74) is 0.413. The molecule has 0 saturated carbocycles. The second kappa shape index (κ2) is 13.5. The highest BCUT2D eigenvalue weighted by atomic mass is 28.4. The van der Waals surface area contributed by atoms with E-state index in [0.29, 0.717) is 26.1 Å². The van der Waals surface area contributed by atoms with Gasteiger partial charge in [-0.3, -0.25) is 0 Å². The molecule has 3 rings (SSSR count). The maximum atomic E-state index is 10.3. The van der Waals surface area contributed by atoms with Gasteiger partial charge in [0.25, 0.3) is 8.32 Å². The van der Waals surface area contributed by atoms with E-state index in [1.165, 1.54) is 10.4 Å². The standard InChI is InChI=1S/C32H44O5Si/c1-31(2,3)38(29-13-8-6-9-14-29,30-15-10-7-11-16-30)37-22-12-21-32(4,23-27(34)24-33)36-25-26-17-19-28(35-5)20-18-26/h6-11,13-20,27,33-34H,12,21-25H2,1-5H3/t27-,32-/m1/s1. The maximum Gasteiger partial charge on any atom is 0.261 e. The van der Waals surface area contributed by atoms with Crippen LogP contribution in [0.5, 0.6) is 5.75 Å². The van der Waals surface area contributed by atoms with Gasteiger partial charge < -0.3 is 24.1 Å². The first-order chi connectivity index (χ1) is 18.1. The summed E-state index contributed by atoms with van der Waals surface area (Å²) in [4.78, 5) is 0. The number of aliphatic hydroxyl groups is 2. The van der Waals surface area contributed by atoms with Gasteiger partial charge >= 0.3 is 0 Å². The lowest BCUT2D eigenvalue weighted by molar-refractivity contribution is -0.0853. The highest BCUT2D eigenvalue weighted by molar-refractivity contribution is 6.99. The van der Waals surface area contributed by atoms with E-state index in [1.807, 2.05) is 43.3 Å². The topological polar surface area (TPSA) is 68.2 Å². The lowest BCUT2D eigenvalue weighted by Crippen LogP contribution is -2.66. The predicted octanol–water partition coefficient (Wildman–Crippen LogP) is 5.07. The summed E-state index contributed by atoms with van der Waals surface area (Å²) in [6.07, 6.45) is 0.965. The fraction of sp³-hybridized carbons (Fsp3) is 0.438. The number of hydrogen-bond donors (Lipinski definition) is 2. The minimum atomic E-state index is -2.61. The summed E-state index contributed by atoms with van der Waals surface area (Å²) in [5.74, 6) is 0.799. The molecule has 0 aliphatic heterocycles. The van der Waals surface area contributed by atoms with Crippen molar-refractivity contribution in [2.24, 2.45) is 0 Å². The summed E-state index contributed by atoms with van der Waals surface area (Å²) in [7, 11) is -0.960. The molecule has 3 aromatic carbocycles. The largest absolute Gasteiger partial charge is 0.497 e. The van der Waals surface area contributed by atoms with Crippen LogP contribution in [0.3, 0.4) is 0 Å². The third-order valence-electron chi connectivity index (χ3n) is 7.21. The lowest BCUT2D eigenvalue weighted by Gasteiger charge is -2.43. The highest BCUT2D eigenvalue weighted by Gasteiger charge is 2.50. The van der Waals surface area contributed by atoms with Crippen LogP contribution in [0.2, 0.25) is 5.04 Å². The summed E-state index contributed by atoms with van der Waals surface area (Å²) in [6, 6.07) is 29.1. The Kier molecular flexibility index (Phi) is 10.7. The molecule has 6 heteroatoms. The van der Waals surface area contributed by atoms with Crippen LogP contribution in [-0.2, 0) is 15.8 Å². The molecule has 5 nitrogen and oxygen atoms in total. The molecule has 38 heavy (non-hydrogen) atoms. The Hall–Kier alpha value is -2.48. The average Bonchev–Trinajstić information content (AvgIpc) is 2.92. The van der Waals surface area contributed by atoms with Gasteiger partial charge in [0.2, 0.25) is 0 Å². The second-order valence-electron chi connectivity index (χ2n) is 11.2. The Balaban J connectivity index is 1.77. The zero-order valence-corrected chi connectivity index (χ0v) is 24.5. The van der Waals surface area contributed by atoms with Gasteiger partial charge in [-0.25, -0.2) is 0 Å². The van der Waals surface area contributed by atoms with Crippen molar-refractivity contribution in [2.75, 3.05) is 20.3 Å². The molecular weight excluding hydrogens is 492 g/mol. The van der Waals surface area contributed by atoms with Crippen molar-refractivity contribution in [3.63, 3.8) is 0 Å². The van der Waals surface area contributed by atoms with Crippen molar-refractivity contribution in [1.82, 2.24) is 0 Å². The van der Waals surface area contributed by atoms with E-state index in [1.54, 1.807) is 7.11 Å². The summed E-state index contributed by atoms with van der Waals surface area (Å²) < 4.78 is 18.7. The van der Waals surface area contributed by atoms with Crippen LogP contribution in [0.4, 0.5) is 0 Å². The van der Waals surface area contributed by atoms with Gasteiger partial charge in [0.15, 0.2) is 0 Å². The monoisotopic (exact) mass is 536 g/mol. The summed E-state index contributed by atoms with van der Waals surface area (Å²) in [5, 5.41) is 22.2. The quantitative estimate of drug-likeness (QED) is 0.222. The van der Waals surface area contributed by atoms with Crippen molar-refractivity contribution in [1.29, 1.82) is 0 Å². The van der Waals surface area contributed by atoms with Crippen LogP contribution in [0.15, 0.2) is 84.9 Å². The van der Waals surface area contributed by atoms with Crippen LogP contribution in [0.25, 0.3) is 0 Å². The first kappa shape index (κ1) is 30.1. The van der Waals surface area contributed by atoms with E-state index >= 15 is 0 Å². The minimum Gasteiger partial charge on any atom is -0.497 e. The molecular formula is C32H44O5Si. The first-order valence-electron chi connectivity index (χ1n) is 13.4. The Morgan fingerprint density at radius 3 is 1.84 bits per heavy atom. The van der Waals surface area contributed by atoms with Crippen LogP contribution in [-0.4, -0.2) is 50.6 Å². The SMILES string of the molecule is COc1ccc(CO[C@](C)(CCCO[Si](c2ccccc2)(c2ccccc2)C(C)(C)C)C[C@@H](O)CO)cc1. The van der Waals surface area contributed by atoms with Gasteiger partial charge in [0.05, 0.1) is 32.0 Å². The van der Waals surface area contributed by atoms with E-state index in [-0.39, 0.29) is 11.6 Å². The van der Waals surface area contributed by atoms with Gasteiger partial charge in [-0.15, -0.1) is 0 Å². The molecule has 0 amide bonds. The van der Waals surface area contributed by atoms with Crippen LogP contribution in [0.1, 0.15) is 52.5 Å². The van der Waals surface area contributed by atoms with Crippen LogP contribution in [0, 0.1) is 0 Å². The molecule has 0 unspecified atom stereocenters. The van der Waals surface area contributed by atoms with Gasteiger partial charge in [-0.2, -0.15) is 0 Å². The number of ether oxygens (including phenoxy) is 2. The molecule has 0 spiro atoms. The van der Waals surface area contributed by atoms with Crippen LogP contribution >= 0.6 is 0 Å².